The highest BCUT2D eigenvalue weighted by Crippen LogP contribution is 1.88. The molecule has 0 saturated carbocycles. The van der Waals surface area contributed by atoms with Crippen LogP contribution in [0, 0.1) is 0 Å². The number of nitrogens with two attached hydrogens (primary N) is 1. The molecular weight excluding hydrogens is 174 g/mol. The van der Waals surface area contributed by atoms with E-state index in [-0.39, 0.29) is 5.54 Å². The first-order valence-electron chi connectivity index (χ1n) is 2.49. The lowest BCUT2D eigenvalue weighted by Crippen LogP contribution is -2.26. The molecule has 0 bridgehead atoms. The molecule has 0 fully saturated rings. The Labute approximate surface area is 66.4 Å². The van der Waals surface area contributed by atoms with Crippen molar-refractivity contribution in [3.63, 3.8) is 0 Å². The van der Waals surface area contributed by atoms with E-state index in [4.69, 9.17) is 18.7 Å². The molecule has 10 heavy (non-hydrogen) atoms. The van der Waals surface area contributed by atoms with E-state index in [1.54, 1.807) is 0 Å². The smallest absolute Gasteiger partial charge is 0.316 e. The van der Waals surface area contributed by atoms with Crippen LogP contribution in [0.5, 0.6) is 0 Å². The van der Waals surface area contributed by atoms with Crippen molar-refractivity contribution < 1.29 is 13.0 Å². The van der Waals surface area contributed by atoms with Crippen molar-refractivity contribution >= 4 is 20.8 Å². The Bertz CT molecular complexity index is 153. The first kappa shape index (κ1) is 12.9. The topological polar surface area (TPSA) is 80.4 Å². The lowest BCUT2D eigenvalue weighted by atomic mass is 10.1. The summed E-state index contributed by atoms with van der Waals surface area (Å²) < 4.78 is 25.5. The number of rotatable bonds is 0. The molecule has 64 valence electrons. The average molecular weight is 187 g/mol. The molecule has 3 N–H and O–H groups in total. The zero-order chi connectivity index (χ0) is 9.00. The summed E-state index contributed by atoms with van der Waals surface area (Å²) in [5.74, 6) is 0. The van der Waals surface area contributed by atoms with E-state index >= 15 is 0 Å². The van der Waals surface area contributed by atoms with Gasteiger partial charge >= 0.3 is 9.15 Å². The Hall–Kier alpha value is 0.220. The summed E-state index contributed by atoms with van der Waals surface area (Å²) in [5.41, 5.74) is 5.35. The number of hydrogen-bond donors (Lipinski definition) is 3. The van der Waals surface area contributed by atoms with Crippen LogP contribution in [0.15, 0.2) is 0 Å². The van der Waals surface area contributed by atoms with Gasteiger partial charge in [-0.1, -0.05) is 0 Å². The van der Waals surface area contributed by atoms with E-state index in [9.17, 15) is 0 Å². The molecule has 0 atom stereocenters. The van der Waals surface area contributed by atoms with Gasteiger partial charge in [0.05, 0.1) is 0 Å². The van der Waals surface area contributed by atoms with E-state index in [0.29, 0.717) is 0 Å². The Morgan fingerprint density at radius 3 is 1.40 bits per heavy atom. The van der Waals surface area contributed by atoms with Gasteiger partial charge in [0.1, 0.15) is 0 Å². The van der Waals surface area contributed by atoms with E-state index in [1.807, 2.05) is 20.8 Å². The predicted octanol–water partition coefficient (Wildman–Crippen LogP) is 0.463. The summed E-state index contributed by atoms with van der Waals surface area (Å²) in [6.07, 6.45) is 0. The van der Waals surface area contributed by atoms with Gasteiger partial charge in [-0.25, -0.2) is 0 Å². The largest absolute Gasteiger partial charge is 0.326 e. The SMILES string of the molecule is CC(C)(C)N.O=S(=O)(O)S. The molecule has 0 heterocycles. The van der Waals surface area contributed by atoms with Gasteiger partial charge in [-0.05, 0) is 32.4 Å². The second kappa shape index (κ2) is 4.17. The minimum Gasteiger partial charge on any atom is -0.326 e. The maximum Gasteiger partial charge on any atom is 0.316 e. The minimum atomic E-state index is -3.97. The van der Waals surface area contributed by atoms with Crippen LogP contribution in [0.1, 0.15) is 20.8 Å². The highest BCUT2D eigenvalue weighted by Gasteiger charge is 1.95. The molecule has 0 aromatic carbocycles. The highest BCUT2D eigenvalue weighted by atomic mass is 33.1. The van der Waals surface area contributed by atoms with Gasteiger partial charge in [-0.15, -0.1) is 0 Å². The standard InChI is InChI=1S/C4H11N.H2O3S2/c1-4(2,3)5;1-5(2,3)4/h5H2,1-3H3;(H2,1,2,3,4). The van der Waals surface area contributed by atoms with Crippen LogP contribution in [-0.4, -0.2) is 18.5 Å². The van der Waals surface area contributed by atoms with Gasteiger partial charge in [-0.2, -0.15) is 8.42 Å². The molecule has 0 aromatic rings. The molecule has 0 aliphatic heterocycles. The summed E-state index contributed by atoms with van der Waals surface area (Å²) in [6, 6.07) is 0. The summed E-state index contributed by atoms with van der Waals surface area (Å²) in [4.78, 5) is 0. The molecule has 0 aliphatic carbocycles. The monoisotopic (exact) mass is 187 g/mol. The molecule has 0 saturated heterocycles. The van der Waals surface area contributed by atoms with Crippen LogP contribution in [0.2, 0.25) is 0 Å². The van der Waals surface area contributed by atoms with E-state index < -0.39 is 9.15 Å². The van der Waals surface area contributed by atoms with Crippen LogP contribution >= 0.6 is 11.7 Å². The van der Waals surface area contributed by atoms with Gasteiger partial charge in [0, 0.05) is 5.54 Å². The van der Waals surface area contributed by atoms with Crippen LogP contribution in [-0.2, 0) is 9.15 Å². The van der Waals surface area contributed by atoms with Crippen LogP contribution < -0.4 is 5.73 Å². The molecule has 0 radical (unpaired) electrons. The van der Waals surface area contributed by atoms with Crippen molar-refractivity contribution in [1.29, 1.82) is 0 Å². The zero-order valence-corrected chi connectivity index (χ0v) is 7.91. The summed E-state index contributed by atoms with van der Waals surface area (Å²) in [6.45, 7) is 5.90. The zero-order valence-electron chi connectivity index (χ0n) is 6.20. The van der Waals surface area contributed by atoms with Crippen molar-refractivity contribution in [2.75, 3.05) is 0 Å². The Kier molecular flexibility index (Phi) is 5.36. The Balaban J connectivity index is 0. The molecule has 0 amide bonds. The second-order valence-electron chi connectivity index (χ2n) is 2.81. The van der Waals surface area contributed by atoms with E-state index in [0.717, 1.165) is 0 Å². The molecule has 0 unspecified atom stereocenters. The van der Waals surface area contributed by atoms with E-state index in [1.165, 1.54) is 0 Å². The molecule has 0 aromatic heterocycles. The number of hydrogen-bond acceptors (Lipinski definition) is 3. The maximum atomic E-state index is 9.05. The normalized spacial score (nSPS) is 11.8. The van der Waals surface area contributed by atoms with Gasteiger partial charge < -0.3 is 5.73 Å². The Morgan fingerprint density at radius 1 is 1.40 bits per heavy atom. The third kappa shape index (κ3) is 8850. The Morgan fingerprint density at radius 2 is 1.40 bits per heavy atom. The average Bonchev–Trinajstić information content (AvgIpc) is 1.12. The van der Waals surface area contributed by atoms with Gasteiger partial charge in [-0.3, -0.25) is 4.55 Å². The predicted molar refractivity (Wildman–Crippen MR) is 44.5 cm³/mol. The molecule has 0 rings (SSSR count). The van der Waals surface area contributed by atoms with Gasteiger partial charge in [0.15, 0.2) is 0 Å². The molecule has 0 aliphatic rings. The van der Waals surface area contributed by atoms with Crippen molar-refractivity contribution in [2.24, 2.45) is 5.73 Å². The molecule has 4 nitrogen and oxygen atoms in total. The fourth-order valence-corrected chi connectivity index (χ4v) is 0. The first-order valence-corrected chi connectivity index (χ1v) is 4.98. The third-order valence-corrected chi connectivity index (χ3v) is 0. The summed E-state index contributed by atoms with van der Waals surface area (Å²) in [5, 5.41) is 0. The van der Waals surface area contributed by atoms with Gasteiger partial charge in [0.2, 0.25) is 0 Å². The first-order chi connectivity index (χ1) is 4.00. The second-order valence-corrected chi connectivity index (χ2v) is 5.09. The maximum absolute atomic E-state index is 9.05. The lowest BCUT2D eigenvalue weighted by Gasteiger charge is -2.06. The fourth-order valence-electron chi connectivity index (χ4n) is 0. The van der Waals surface area contributed by atoms with Crippen molar-refractivity contribution in [1.82, 2.24) is 0 Å². The van der Waals surface area contributed by atoms with Crippen molar-refractivity contribution in [2.45, 2.75) is 26.3 Å². The van der Waals surface area contributed by atoms with Crippen LogP contribution in [0.25, 0.3) is 0 Å². The fraction of sp³-hybridized carbons (Fsp3) is 1.00. The quantitative estimate of drug-likeness (QED) is 0.292. The van der Waals surface area contributed by atoms with Crippen molar-refractivity contribution in [3.8, 4) is 0 Å². The highest BCUT2D eigenvalue weighted by molar-refractivity contribution is 8.61. The third-order valence-electron chi connectivity index (χ3n) is 0. The summed E-state index contributed by atoms with van der Waals surface area (Å²) in [7, 11) is -3.97. The van der Waals surface area contributed by atoms with Crippen molar-refractivity contribution in [3.05, 3.63) is 0 Å². The van der Waals surface area contributed by atoms with Crippen LogP contribution in [0.4, 0.5) is 0 Å². The summed E-state index contributed by atoms with van der Waals surface area (Å²) >= 11 is 2.65. The minimum absolute atomic E-state index is 0. The number of thiol groups is 1. The van der Waals surface area contributed by atoms with E-state index in [2.05, 4.69) is 11.7 Å². The lowest BCUT2D eigenvalue weighted by molar-refractivity contribution is 0.503. The molecule has 0 spiro atoms. The molecular formula is C4H13NO3S2. The van der Waals surface area contributed by atoms with Crippen LogP contribution in [0.3, 0.4) is 0 Å². The molecule has 6 heteroatoms. The van der Waals surface area contributed by atoms with Gasteiger partial charge in [0.25, 0.3) is 0 Å².